The molecule has 21 heavy (non-hydrogen) atoms. The molecule has 2 aromatic carbocycles. The van der Waals surface area contributed by atoms with Crippen molar-refractivity contribution in [1.82, 2.24) is 0 Å². The second-order valence-corrected chi connectivity index (χ2v) is 6.25. The first-order chi connectivity index (χ1) is 10.1. The molecule has 1 aliphatic rings. The number of fused-ring (bicyclic) bond motifs is 1. The molecule has 0 bridgehead atoms. The molecule has 1 N–H and O–H groups in total. The molecule has 1 aliphatic heterocycles. The van der Waals surface area contributed by atoms with Gasteiger partial charge in [-0.2, -0.15) is 0 Å². The topological polar surface area (TPSA) is 30.5 Å². The molecule has 0 saturated carbocycles. The highest BCUT2D eigenvalue weighted by molar-refractivity contribution is 9.10. The minimum Gasteiger partial charge on any atom is -0.454 e. The van der Waals surface area contributed by atoms with Gasteiger partial charge in [0.1, 0.15) is 0 Å². The zero-order chi connectivity index (χ0) is 14.8. The molecule has 2 aromatic rings. The van der Waals surface area contributed by atoms with Crippen LogP contribution in [0.2, 0.25) is 0 Å². The van der Waals surface area contributed by atoms with Crippen LogP contribution >= 0.6 is 15.9 Å². The van der Waals surface area contributed by atoms with Gasteiger partial charge in [-0.1, -0.05) is 48.0 Å². The third kappa shape index (κ3) is 3.00. The predicted molar refractivity (Wildman–Crippen MR) is 88.1 cm³/mol. The Morgan fingerprint density at radius 1 is 1.14 bits per heavy atom. The number of anilines is 1. The number of halogens is 1. The highest BCUT2D eigenvalue weighted by atomic mass is 79.9. The maximum Gasteiger partial charge on any atom is 0.231 e. The van der Waals surface area contributed by atoms with Gasteiger partial charge in [0.05, 0.1) is 0 Å². The largest absolute Gasteiger partial charge is 0.454 e. The van der Waals surface area contributed by atoms with Gasteiger partial charge >= 0.3 is 0 Å². The van der Waals surface area contributed by atoms with Gasteiger partial charge in [-0.25, -0.2) is 0 Å². The molecule has 0 spiro atoms. The molecule has 0 fully saturated rings. The summed E-state index contributed by atoms with van der Waals surface area (Å²) < 4.78 is 11.8. The molecule has 0 aliphatic carbocycles. The Hall–Kier alpha value is -1.68. The number of benzene rings is 2. The number of hydrogen-bond donors (Lipinski definition) is 1. The molecule has 0 atom stereocenters. The zero-order valence-electron chi connectivity index (χ0n) is 12.2. The minimum absolute atomic E-state index is 0.300. The minimum atomic E-state index is 0.300. The third-order valence-electron chi connectivity index (χ3n) is 3.59. The Labute approximate surface area is 133 Å². The lowest BCUT2D eigenvalue weighted by Crippen LogP contribution is -2.04. The molecule has 3 nitrogen and oxygen atoms in total. The lowest BCUT2D eigenvalue weighted by Gasteiger charge is -2.15. The van der Waals surface area contributed by atoms with E-state index >= 15 is 0 Å². The standard InChI is InChI=1S/C17H18BrNO2/c1-11(2)13-5-3-4-6-15(13)19-9-12-7-16-17(8-14(12)18)21-10-20-16/h3-8,11,19H,9-10H2,1-2H3. The van der Waals surface area contributed by atoms with Gasteiger partial charge in [-0.05, 0) is 35.2 Å². The normalized spacial score (nSPS) is 12.8. The van der Waals surface area contributed by atoms with E-state index in [2.05, 4.69) is 59.4 Å². The van der Waals surface area contributed by atoms with Crippen molar-refractivity contribution in [2.24, 2.45) is 0 Å². The van der Waals surface area contributed by atoms with Crippen molar-refractivity contribution in [3.05, 3.63) is 52.0 Å². The van der Waals surface area contributed by atoms with Gasteiger partial charge in [-0.15, -0.1) is 0 Å². The zero-order valence-corrected chi connectivity index (χ0v) is 13.7. The highest BCUT2D eigenvalue weighted by Gasteiger charge is 2.16. The molecular formula is C17H18BrNO2. The van der Waals surface area contributed by atoms with Crippen LogP contribution in [0.15, 0.2) is 40.9 Å². The number of nitrogens with one attached hydrogen (secondary N) is 1. The summed E-state index contributed by atoms with van der Waals surface area (Å²) in [6.07, 6.45) is 0. The van der Waals surface area contributed by atoms with E-state index in [1.54, 1.807) is 0 Å². The molecule has 0 radical (unpaired) electrons. The average Bonchev–Trinajstić information content (AvgIpc) is 2.92. The van der Waals surface area contributed by atoms with E-state index in [9.17, 15) is 0 Å². The quantitative estimate of drug-likeness (QED) is 0.851. The van der Waals surface area contributed by atoms with Crippen molar-refractivity contribution >= 4 is 21.6 Å². The van der Waals surface area contributed by atoms with Crippen LogP contribution in [0.5, 0.6) is 11.5 Å². The summed E-state index contributed by atoms with van der Waals surface area (Å²) >= 11 is 3.60. The number of hydrogen-bond acceptors (Lipinski definition) is 3. The Kier molecular flexibility index (Phi) is 4.06. The van der Waals surface area contributed by atoms with Crippen LogP contribution < -0.4 is 14.8 Å². The van der Waals surface area contributed by atoms with Crippen molar-refractivity contribution in [3.63, 3.8) is 0 Å². The maximum atomic E-state index is 5.44. The molecule has 3 rings (SSSR count). The van der Waals surface area contributed by atoms with Crippen molar-refractivity contribution < 1.29 is 9.47 Å². The van der Waals surface area contributed by atoms with Gasteiger partial charge in [0.25, 0.3) is 0 Å². The second-order valence-electron chi connectivity index (χ2n) is 5.39. The fraction of sp³-hybridized carbons (Fsp3) is 0.294. The van der Waals surface area contributed by atoms with E-state index in [0.29, 0.717) is 12.7 Å². The number of ether oxygens (including phenoxy) is 2. The molecule has 4 heteroatoms. The summed E-state index contributed by atoms with van der Waals surface area (Å²) in [6, 6.07) is 12.4. The molecule has 0 unspecified atom stereocenters. The van der Waals surface area contributed by atoms with Crippen molar-refractivity contribution in [2.45, 2.75) is 26.3 Å². The van der Waals surface area contributed by atoms with E-state index in [1.807, 2.05) is 12.1 Å². The van der Waals surface area contributed by atoms with Crippen LogP contribution in [-0.4, -0.2) is 6.79 Å². The Bertz CT molecular complexity index is 655. The molecule has 110 valence electrons. The first-order valence-corrected chi connectivity index (χ1v) is 7.85. The maximum absolute atomic E-state index is 5.44. The lowest BCUT2D eigenvalue weighted by molar-refractivity contribution is 0.174. The van der Waals surface area contributed by atoms with Crippen LogP contribution in [0.1, 0.15) is 30.9 Å². The SMILES string of the molecule is CC(C)c1ccccc1NCc1cc2c(cc1Br)OCO2. The predicted octanol–water partition coefficient (Wildman–Crippen LogP) is 4.91. The van der Waals surface area contributed by atoms with Gasteiger partial charge in [-0.3, -0.25) is 0 Å². The van der Waals surface area contributed by atoms with Crippen molar-refractivity contribution in [3.8, 4) is 11.5 Å². The van der Waals surface area contributed by atoms with E-state index in [-0.39, 0.29) is 0 Å². The third-order valence-corrected chi connectivity index (χ3v) is 4.33. The first-order valence-electron chi connectivity index (χ1n) is 7.06. The average molecular weight is 348 g/mol. The van der Waals surface area contributed by atoms with Gasteiger partial charge in [0.15, 0.2) is 11.5 Å². The smallest absolute Gasteiger partial charge is 0.231 e. The summed E-state index contributed by atoms with van der Waals surface area (Å²) in [5.74, 6) is 2.11. The van der Waals surface area contributed by atoms with E-state index in [1.165, 1.54) is 11.3 Å². The van der Waals surface area contributed by atoms with Crippen LogP contribution in [0, 0.1) is 0 Å². The van der Waals surface area contributed by atoms with E-state index in [0.717, 1.165) is 28.1 Å². The summed E-state index contributed by atoms with van der Waals surface area (Å²) in [7, 11) is 0. The molecule has 0 saturated heterocycles. The van der Waals surface area contributed by atoms with Crippen LogP contribution in [0.25, 0.3) is 0 Å². The van der Waals surface area contributed by atoms with E-state index < -0.39 is 0 Å². The fourth-order valence-electron chi connectivity index (χ4n) is 2.45. The summed E-state index contributed by atoms with van der Waals surface area (Å²) in [5, 5.41) is 3.52. The lowest BCUT2D eigenvalue weighted by atomic mass is 10.0. The van der Waals surface area contributed by atoms with Crippen LogP contribution in [0.3, 0.4) is 0 Å². The molecule has 0 aromatic heterocycles. The monoisotopic (exact) mass is 347 g/mol. The highest BCUT2D eigenvalue weighted by Crippen LogP contribution is 2.37. The number of para-hydroxylation sites is 1. The summed E-state index contributed by atoms with van der Waals surface area (Å²) in [5.41, 5.74) is 3.66. The molecular weight excluding hydrogens is 330 g/mol. The van der Waals surface area contributed by atoms with E-state index in [4.69, 9.17) is 9.47 Å². The fourth-order valence-corrected chi connectivity index (χ4v) is 2.91. The van der Waals surface area contributed by atoms with Gasteiger partial charge in [0.2, 0.25) is 6.79 Å². The molecule has 0 amide bonds. The van der Waals surface area contributed by atoms with Gasteiger partial charge < -0.3 is 14.8 Å². The summed E-state index contributed by atoms with van der Waals surface area (Å²) in [4.78, 5) is 0. The van der Waals surface area contributed by atoms with Gasteiger partial charge in [0, 0.05) is 16.7 Å². The Morgan fingerprint density at radius 2 is 1.86 bits per heavy atom. The van der Waals surface area contributed by atoms with Crippen molar-refractivity contribution in [1.29, 1.82) is 0 Å². The Morgan fingerprint density at radius 3 is 2.62 bits per heavy atom. The summed E-state index contributed by atoms with van der Waals surface area (Å²) in [6.45, 7) is 5.45. The van der Waals surface area contributed by atoms with Crippen LogP contribution in [0.4, 0.5) is 5.69 Å². The second kappa shape index (κ2) is 5.98. The van der Waals surface area contributed by atoms with Crippen LogP contribution in [-0.2, 0) is 6.54 Å². The number of rotatable bonds is 4. The molecule has 1 heterocycles. The first kappa shape index (κ1) is 14.3. The Balaban J connectivity index is 1.80. The van der Waals surface area contributed by atoms with Crippen molar-refractivity contribution in [2.75, 3.05) is 12.1 Å².